The Hall–Kier alpha value is -1.93. The molecule has 0 amide bonds. The number of carbonyl (C=O) groups excluding carboxylic acids is 3. The minimum Gasteiger partial charge on any atom is -0.469 e. The lowest BCUT2D eigenvalue weighted by Crippen LogP contribution is -2.79. The Morgan fingerprint density at radius 2 is 1.86 bits per heavy atom. The number of carbonyl (C=O) groups is 3. The van der Waals surface area contributed by atoms with Crippen LogP contribution in [0, 0.1) is 40.4 Å². The Balaban J connectivity index is 1.67. The summed E-state index contributed by atoms with van der Waals surface area (Å²) in [5, 5.41) is 13.0. The molecule has 9 atom stereocenters. The molecule has 1 spiro atoms. The molecule has 8 heteroatoms. The zero-order valence-electron chi connectivity index (χ0n) is 21.2. The van der Waals surface area contributed by atoms with Crippen LogP contribution < -0.4 is 0 Å². The molecule has 0 aromatic rings. The van der Waals surface area contributed by atoms with Crippen LogP contribution in [-0.2, 0) is 28.6 Å². The molecule has 2 aliphatic heterocycles. The van der Waals surface area contributed by atoms with Gasteiger partial charge in [0.15, 0.2) is 0 Å². The third-order valence-electron chi connectivity index (χ3n) is 10.9. The average molecular weight is 488 g/mol. The monoisotopic (exact) mass is 487 g/mol. The molecule has 35 heavy (non-hydrogen) atoms. The topological polar surface area (TPSA) is 102 Å². The highest BCUT2D eigenvalue weighted by Crippen LogP contribution is 2.80. The number of esters is 3. The van der Waals surface area contributed by atoms with Crippen molar-refractivity contribution < 1.29 is 33.7 Å². The van der Waals surface area contributed by atoms with E-state index >= 15 is 0 Å². The SMILES string of the molecule is COC(=O)[C@@H]1C[C@@]23C4=C(CCC5CN6C[C@H](C)[C@@H](C[C@@H](OC(C)=O)[C@@]52COC(C)=O)[C@]63O)CC[C@@H]41. The second kappa shape index (κ2) is 7.54. The maximum Gasteiger partial charge on any atom is 0.309 e. The molecule has 1 N–H and O–H groups in total. The van der Waals surface area contributed by atoms with Crippen LogP contribution in [0.3, 0.4) is 0 Å². The van der Waals surface area contributed by atoms with Crippen LogP contribution >= 0.6 is 0 Å². The molecule has 2 heterocycles. The van der Waals surface area contributed by atoms with Crippen molar-refractivity contribution in [3.63, 3.8) is 0 Å². The third kappa shape index (κ3) is 2.63. The number of rotatable bonds is 4. The van der Waals surface area contributed by atoms with Gasteiger partial charge >= 0.3 is 17.9 Å². The highest BCUT2D eigenvalue weighted by atomic mass is 16.6. The average Bonchev–Trinajstić information content (AvgIpc) is 3.42. The lowest BCUT2D eigenvalue weighted by atomic mass is 9.41. The summed E-state index contributed by atoms with van der Waals surface area (Å²) in [7, 11) is 1.43. The van der Waals surface area contributed by atoms with Gasteiger partial charge in [-0.15, -0.1) is 0 Å². The van der Waals surface area contributed by atoms with Crippen molar-refractivity contribution in [2.24, 2.45) is 40.4 Å². The molecule has 2 saturated heterocycles. The number of aliphatic hydroxyl groups is 1. The van der Waals surface area contributed by atoms with Crippen molar-refractivity contribution in [1.29, 1.82) is 0 Å². The molecule has 4 bridgehead atoms. The largest absolute Gasteiger partial charge is 0.469 e. The van der Waals surface area contributed by atoms with Crippen molar-refractivity contribution in [1.82, 2.24) is 4.90 Å². The smallest absolute Gasteiger partial charge is 0.309 e. The van der Waals surface area contributed by atoms with Crippen LogP contribution in [0.2, 0.25) is 0 Å². The molecule has 192 valence electrons. The van der Waals surface area contributed by atoms with E-state index in [0.717, 1.165) is 32.2 Å². The normalized spacial score (nSPS) is 47.2. The fraction of sp³-hybridized carbons (Fsp3) is 0.815. The lowest BCUT2D eigenvalue weighted by Gasteiger charge is -2.70. The van der Waals surface area contributed by atoms with E-state index in [2.05, 4.69) is 11.8 Å². The van der Waals surface area contributed by atoms with Crippen LogP contribution in [0.1, 0.15) is 59.3 Å². The quantitative estimate of drug-likeness (QED) is 0.367. The van der Waals surface area contributed by atoms with Crippen molar-refractivity contribution in [3.05, 3.63) is 11.1 Å². The number of allylic oxidation sites excluding steroid dienone is 1. The zero-order valence-corrected chi connectivity index (χ0v) is 21.2. The maximum absolute atomic E-state index is 13.2. The van der Waals surface area contributed by atoms with Crippen LogP contribution in [0.15, 0.2) is 11.1 Å². The summed E-state index contributed by atoms with van der Waals surface area (Å²) in [5.74, 6) is -1.18. The first kappa shape index (κ1) is 23.5. The molecule has 0 aromatic carbocycles. The first-order valence-electron chi connectivity index (χ1n) is 13.2. The summed E-state index contributed by atoms with van der Waals surface area (Å²) in [6.07, 6.45) is 4.06. The third-order valence-corrected chi connectivity index (χ3v) is 10.9. The van der Waals surface area contributed by atoms with Crippen LogP contribution in [0.5, 0.6) is 0 Å². The van der Waals surface area contributed by atoms with Crippen molar-refractivity contribution in [3.8, 4) is 0 Å². The van der Waals surface area contributed by atoms with E-state index in [0.29, 0.717) is 19.4 Å². The molecule has 4 aliphatic carbocycles. The van der Waals surface area contributed by atoms with Gasteiger partial charge in [0, 0.05) is 38.3 Å². The minimum atomic E-state index is -1.18. The van der Waals surface area contributed by atoms with Gasteiger partial charge in [0.25, 0.3) is 0 Å². The predicted octanol–water partition coefficient (Wildman–Crippen LogP) is 2.44. The van der Waals surface area contributed by atoms with E-state index in [1.54, 1.807) is 0 Å². The first-order chi connectivity index (χ1) is 16.6. The van der Waals surface area contributed by atoms with Gasteiger partial charge in [0.05, 0.1) is 18.4 Å². The van der Waals surface area contributed by atoms with E-state index in [4.69, 9.17) is 14.2 Å². The van der Waals surface area contributed by atoms with Gasteiger partial charge in [-0.1, -0.05) is 18.1 Å². The molecule has 0 aromatic heterocycles. The molecule has 2 saturated carbocycles. The number of piperidine rings is 1. The van der Waals surface area contributed by atoms with Gasteiger partial charge in [-0.05, 0) is 56.3 Å². The van der Waals surface area contributed by atoms with Crippen molar-refractivity contribution in [2.75, 3.05) is 26.8 Å². The molecular weight excluding hydrogens is 450 g/mol. The number of methoxy groups -OCH3 is 1. The van der Waals surface area contributed by atoms with Crippen molar-refractivity contribution in [2.45, 2.75) is 71.1 Å². The molecule has 6 rings (SSSR count). The van der Waals surface area contributed by atoms with Crippen LogP contribution in [0.25, 0.3) is 0 Å². The van der Waals surface area contributed by atoms with Crippen LogP contribution in [-0.4, -0.2) is 66.5 Å². The zero-order chi connectivity index (χ0) is 24.9. The molecule has 4 fully saturated rings. The lowest BCUT2D eigenvalue weighted by molar-refractivity contribution is -0.334. The fourth-order valence-corrected chi connectivity index (χ4v) is 10.1. The first-order valence-corrected chi connectivity index (χ1v) is 13.2. The molecule has 6 aliphatic rings. The van der Waals surface area contributed by atoms with Gasteiger partial charge in [-0.25, -0.2) is 0 Å². The molecule has 8 nitrogen and oxygen atoms in total. The Labute approximate surface area is 206 Å². The summed E-state index contributed by atoms with van der Waals surface area (Å²) in [6.45, 7) is 6.54. The van der Waals surface area contributed by atoms with Gasteiger partial charge in [-0.3, -0.25) is 19.3 Å². The Morgan fingerprint density at radius 3 is 2.54 bits per heavy atom. The molecular formula is C27H37NO7. The second-order valence-electron chi connectivity index (χ2n) is 12.0. The molecule has 1 unspecified atom stereocenters. The predicted molar refractivity (Wildman–Crippen MR) is 123 cm³/mol. The maximum atomic E-state index is 13.2. The highest BCUT2D eigenvalue weighted by Gasteiger charge is 2.84. The fourth-order valence-electron chi connectivity index (χ4n) is 10.1. The van der Waals surface area contributed by atoms with E-state index in [9.17, 15) is 19.5 Å². The van der Waals surface area contributed by atoms with Gasteiger partial charge in [0.2, 0.25) is 0 Å². The van der Waals surface area contributed by atoms with Crippen molar-refractivity contribution >= 4 is 17.9 Å². The Morgan fingerprint density at radius 1 is 1.11 bits per heavy atom. The van der Waals surface area contributed by atoms with E-state index in [1.807, 2.05) is 0 Å². The van der Waals surface area contributed by atoms with Gasteiger partial charge in [-0.2, -0.15) is 0 Å². The summed E-state index contributed by atoms with van der Waals surface area (Å²) in [5.41, 5.74) is -0.258. The standard InChI is InChI=1S/C27H37NO7/c1-14-11-28-12-18-7-5-17-6-8-19-20(24(31)33-4)10-26(23(17)19)25(18,13-34-15(2)29)22(35-16(3)30)9-21(14)27(26,28)32/h14,18-22,32H,5-13H2,1-4H3/t14-,18?,19+,20+,21+,22+,25+,26+,27+/m0/s1. The van der Waals surface area contributed by atoms with E-state index in [1.165, 1.54) is 32.1 Å². The summed E-state index contributed by atoms with van der Waals surface area (Å²) < 4.78 is 17.3. The Bertz CT molecular complexity index is 1020. The summed E-state index contributed by atoms with van der Waals surface area (Å²) >= 11 is 0. The number of ether oxygens (including phenoxy) is 3. The summed E-state index contributed by atoms with van der Waals surface area (Å²) in [4.78, 5) is 40.1. The second-order valence-corrected chi connectivity index (χ2v) is 12.0. The molecule has 0 radical (unpaired) electrons. The number of hydrogen-bond donors (Lipinski definition) is 1. The van der Waals surface area contributed by atoms with Crippen LogP contribution in [0.4, 0.5) is 0 Å². The Kier molecular flexibility index (Phi) is 5.06. The van der Waals surface area contributed by atoms with E-state index < -0.39 is 22.7 Å². The number of nitrogens with zero attached hydrogens (tertiary/aromatic N) is 1. The van der Waals surface area contributed by atoms with Gasteiger partial charge in [0.1, 0.15) is 18.4 Å². The number of hydrogen-bond acceptors (Lipinski definition) is 8. The van der Waals surface area contributed by atoms with Gasteiger partial charge < -0.3 is 19.3 Å². The highest BCUT2D eigenvalue weighted by molar-refractivity contribution is 5.76. The summed E-state index contributed by atoms with van der Waals surface area (Å²) in [6, 6.07) is 0. The van der Waals surface area contributed by atoms with E-state index in [-0.39, 0.29) is 54.1 Å². The minimum absolute atomic E-state index is 0.00418.